The monoisotopic (exact) mass is 137 g/mol. The summed E-state index contributed by atoms with van der Waals surface area (Å²) in [5, 5.41) is 0. The van der Waals surface area contributed by atoms with Crippen molar-refractivity contribution in [2.24, 2.45) is 0 Å². The minimum Gasteiger partial charge on any atom is -0.374 e. The van der Waals surface area contributed by atoms with Crippen molar-refractivity contribution in [3.05, 3.63) is 23.9 Å². The zero-order valence-corrected chi connectivity index (χ0v) is 6.96. The van der Waals surface area contributed by atoms with Crippen LogP contribution < -0.4 is 0 Å². The zero-order valence-electron chi connectivity index (χ0n) is 6.96. The normalized spacial score (nSPS) is 24.9. The van der Waals surface area contributed by atoms with Gasteiger partial charge in [-0.05, 0) is 18.9 Å². The largest absolute Gasteiger partial charge is 0.374 e. The van der Waals surface area contributed by atoms with E-state index >= 15 is 0 Å². The van der Waals surface area contributed by atoms with Crippen LogP contribution in [-0.4, -0.2) is 18.0 Å². The van der Waals surface area contributed by atoms with Gasteiger partial charge in [0.2, 0.25) is 0 Å². The van der Waals surface area contributed by atoms with Crippen molar-refractivity contribution < 1.29 is 0 Å². The van der Waals surface area contributed by atoms with Gasteiger partial charge in [-0.25, -0.2) is 0 Å². The lowest BCUT2D eigenvalue weighted by molar-refractivity contribution is 0.398. The van der Waals surface area contributed by atoms with Gasteiger partial charge in [0.15, 0.2) is 0 Å². The van der Waals surface area contributed by atoms with Gasteiger partial charge < -0.3 is 4.90 Å². The summed E-state index contributed by atoms with van der Waals surface area (Å²) < 4.78 is 0. The molecule has 0 radical (unpaired) electrons. The minimum absolute atomic E-state index is 0.565. The average Bonchev–Trinajstić information content (AvgIpc) is 1.95. The molecule has 56 valence electrons. The van der Waals surface area contributed by atoms with Gasteiger partial charge in [-0.3, -0.25) is 0 Å². The maximum absolute atomic E-state index is 2.23. The Kier molecular flexibility index (Phi) is 2.15. The molecule has 10 heavy (non-hydrogen) atoms. The number of hydrogen-bond donors (Lipinski definition) is 0. The number of allylic oxidation sites excluding steroid dienone is 2. The molecule has 0 saturated heterocycles. The van der Waals surface area contributed by atoms with E-state index in [1.807, 2.05) is 0 Å². The Morgan fingerprint density at radius 2 is 2.30 bits per heavy atom. The molecule has 1 heteroatoms. The van der Waals surface area contributed by atoms with Crippen molar-refractivity contribution in [3.8, 4) is 0 Å². The van der Waals surface area contributed by atoms with Gasteiger partial charge in [0.05, 0.1) is 0 Å². The Hall–Kier alpha value is -0.720. The topological polar surface area (TPSA) is 3.24 Å². The molecule has 0 saturated carbocycles. The summed E-state index contributed by atoms with van der Waals surface area (Å²) in [4.78, 5) is 2.23. The molecule has 1 unspecified atom stereocenters. The van der Waals surface area contributed by atoms with Crippen LogP contribution in [0, 0.1) is 0 Å². The van der Waals surface area contributed by atoms with Gasteiger partial charge in [-0.2, -0.15) is 0 Å². The van der Waals surface area contributed by atoms with Gasteiger partial charge in [-0.15, -0.1) is 0 Å². The highest BCUT2D eigenvalue weighted by molar-refractivity contribution is 5.23. The molecular weight excluding hydrogens is 122 g/mol. The third-order valence-electron chi connectivity index (χ3n) is 2.01. The molecule has 0 bridgehead atoms. The summed E-state index contributed by atoms with van der Waals surface area (Å²) in [6.07, 6.45) is 7.79. The second-order valence-electron chi connectivity index (χ2n) is 2.82. The summed E-state index contributed by atoms with van der Waals surface area (Å²) in [7, 11) is 2.11. The van der Waals surface area contributed by atoms with E-state index in [1.54, 1.807) is 0 Å². The smallest absolute Gasteiger partial charge is 0.0439 e. The van der Waals surface area contributed by atoms with Gasteiger partial charge in [0.1, 0.15) is 0 Å². The number of likely N-dealkylation sites (N-methyl/N-ethyl adjacent to an activating group) is 1. The molecule has 1 nitrogen and oxygen atoms in total. The lowest BCUT2D eigenvalue weighted by atomic mass is 10.1. The van der Waals surface area contributed by atoms with Crippen LogP contribution in [0.5, 0.6) is 0 Å². The van der Waals surface area contributed by atoms with Crippen LogP contribution >= 0.6 is 0 Å². The molecule has 0 aromatic rings. The van der Waals surface area contributed by atoms with Crippen molar-refractivity contribution in [2.45, 2.75) is 26.3 Å². The maximum Gasteiger partial charge on any atom is 0.0439 e. The Morgan fingerprint density at radius 3 is 2.80 bits per heavy atom. The van der Waals surface area contributed by atoms with Crippen LogP contribution in [0.1, 0.15) is 20.3 Å². The third kappa shape index (κ3) is 1.41. The molecule has 1 aliphatic rings. The average molecular weight is 137 g/mol. The fourth-order valence-corrected chi connectivity index (χ4v) is 1.03. The summed E-state index contributed by atoms with van der Waals surface area (Å²) in [5.41, 5.74) is 1.42. The minimum atomic E-state index is 0.565. The number of hydrogen-bond acceptors (Lipinski definition) is 1. The molecular formula is C9H15N. The van der Waals surface area contributed by atoms with Gasteiger partial charge in [0, 0.05) is 19.3 Å². The SMILES string of the molecule is CCC1=CN(C)C(C)C=C1. The first-order chi connectivity index (χ1) is 4.74. The van der Waals surface area contributed by atoms with Crippen molar-refractivity contribution in [3.63, 3.8) is 0 Å². The van der Waals surface area contributed by atoms with E-state index in [-0.39, 0.29) is 0 Å². The summed E-state index contributed by atoms with van der Waals surface area (Å²) in [6, 6.07) is 0.565. The number of nitrogens with zero attached hydrogens (tertiary/aromatic N) is 1. The number of rotatable bonds is 1. The van der Waals surface area contributed by atoms with E-state index in [2.05, 4.69) is 44.1 Å². The predicted octanol–water partition coefficient (Wildman–Crippen LogP) is 2.17. The Morgan fingerprint density at radius 1 is 1.60 bits per heavy atom. The zero-order chi connectivity index (χ0) is 7.56. The second-order valence-corrected chi connectivity index (χ2v) is 2.82. The van der Waals surface area contributed by atoms with Crippen LogP contribution in [-0.2, 0) is 0 Å². The fourth-order valence-electron chi connectivity index (χ4n) is 1.03. The summed E-state index contributed by atoms with van der Waals surface area (Å²) in [6.45, 7) is 4.37. The first-order valence-corrected chi connectivity index (χ1v) is 3.85. The second kappa shape index (κ2) is 2.91. The van der Waals surface area contributed by atoms with Crippen molar-refractivity contribution in [2.75, 3.05) is 7.05 Å². The molecule has 1 aliphatic heterocycles. The van der Waals surface area contributed by atoms with Crippen LogP contribution in [0.3, 0.4) is 0 Å². The molecule has 0 aromatic heterocycles. The third-order valence-corrected chi connectivity index (χ3v) is 2.01. The molecule has 0 amide bonds. The molecule has 0 fully saturated rings. The van der Waals surface area contributed by atoms with Gasteiger partial charge in [-0.1, -0.05) is 19.1 Å². The lowest BCUT2D eigenvalue weighted by Gasteiger charge is -2.24. The molecule has 1 heterocycles. The Bertz CT molecular complexity index is 168. The van der Waals surface area contributed by atoms with E-state index in [9.17, 15) is 0 Å². The van der Waals surface area contributed by atoms with Crippen molar-refractivity contribution in [1.82, 2.24) is 4.90 Å². The van der Waals surface area contributed by atoms with E-state index in [0.717, 1.165) is 6.42 Å². The highest BCUT2D eigenvalue weighted by atomic mass is 15.1. The molecule has 1 rings (SSSR count). The lowest BCUT2D eigenvalue weighted by Crippen LogP contribution is -2.24. The van der Waals surface area contributed by atoms with E-state index in [4.69, 9.17) is 0 Å². The van der Waals surface area contributed by atoms with Gasteiger partial charge >= 0.3 is 0 Å². The summed E-state index contributed by atoms with van der Waals surface area (Å²) in [5.74, 6) is 0. The van der Waals surface area contributed by atoms with Crippen LogP contribution in [0.25, 0.3) is 0 Å². The van der Waals surface area contributed by atoms with Gasteiger partial charge in [0.25, 0.3) is 0 Å². The quantitative estimate of drug-likeness (QED) is 0.535. The first kappa shape index (κ1) is 7.39. The predicted molar refractivity (Wildman–Crippen MR) is 44.7 cm³/mol. The van der Waals surface area contributed by atoms with Crippen molar-refractivity contribution >= 4 is 0 Å². The highest BCUT2D eigenvalue weighted by Gasteiger charge is 2.05. The molecule has 0 aliphatic carbocycles. The van der Waals surface area contributed by atoms with E-state index in [1.165, 1.54) is 5.57 Å². The first-order valence-electron chi connectivity index (χ1n) is 3.85. The maximum atomic E-state index is 2.23. The van der Waals surface area contributed by atoms with Crippen molar-refractivity contribution in [1.29, 1.82) is 0 Å². The molecule has 0 N–H and O–H groups in total. The Balaban J connectivity index is 2.66. The standard InChI is InChI=1S/C9H15N/c1-4-9-6-5-8(2)10(3)7-9/h5-8H,4H2,1-3H3. The summed E-state index contributed by atoms with van der Waals surface area (Å²) >= 11 is 0. The van der Waals surface area contributed by atoms with Crippen LogP contribution in [0.2, 0.25) is 0 Å². The highest BCUT2D eigenvalue weighted by Crippen LogP contribution is 2.13. The van der Waals surface area contributed by atoms with E-state index < -0.39 is 0 Å². The van der Waals surface area contributed by atoms with Crippen LogP contribution in [0.15, 0.2) is 23.9 Å². The Labute approximate surface area is 63.0 Å². The molecule has 1 atom stereocenters. The molecule has 0 aromatic carbocycles. The van der Waals surface area contributed by atoms with Crippen LogP contribution in [0.4, 0.5) is 0 Å². The fraction of sp³-hybridized carbons (Fsp3) is 0.556. The molecule has 0 spiro atoms. The van der Waals surface area contributed by atoms with E-state index in [0.29, 0.717) is 6.04 Å².